The van der Waals surface area contributed by atoms with E-state index >= 15 is 0 Å². The van der Waals surface area contributed by atoms with Gasteiger partial charge in [-0.15, -0.1) is 0 Å². The van der Waals surface area contributed by atoms with Gasteiger partial charge in [0.2, 0.25) is 10.0 Å². The van der Waals surface area contributed by atoms with E-state index in [9.17, 15) is 13.2 Å². The van der Waals surface area contributed by atoms with E-state index in [1.54, 1.807) is 6.92 Å². The summed E-state index contributed by atoms with van der Waals surface area (Å²) < 4.78 is 31.1. The number of benzene rings is 1. The number of sulfonamides is 1. The minimum absolute atomic E-state index is 0.0473. The summed E-state index contributed by atoms with van der Waals surface area (Å²) in [6.45, 7) is 1.27. The van der Waals surface area contributed by atoms with E-state index in [0.717, 1.165) is 0 Å². The summed E-state index contributed by atoms with van der Waals surface area (Å²) in [4.78, 5) is 11.4. The number of likely N-dealkylation sites (N-methyl/N-ethyl adjacent to an activating group) is 1. The van der Waals surface area contributed by atoms with Crippen LogP contribution >= 0.6 is 0 Å². The summed E-state index contributed by atoms with van der Waals surface area (Å²) in [7, 11) is -2.13. The van der Waals surface area contributed by atoms with E-state index in [1.165, 1.54) is 31.3 Å². The number of aliphatic hydroxyl groups is 1. The summed E-state index contributed by atoms with van der Waals surface area (Å²) in [5.74, 6) is 0.119. The molecule has 0 aromatic heterocycles. The van der Waals surface area contributed by atoms with Crippen LogP contribution in [0.25, 0.3) is 0 Å². The Kier molecular flexibility index (Phi) is 5.93. The SMILES string of the molecule is CNC(=O)[C@@H](C)Oc1ccc(S(=O)(=O)NCCO)cc1. The Morgan fingerprint density at radius 1 is 1.35 bits per heavy atom. The van der Waals surface area contributed by atoms with Gasteiger partial charge in [-0.25, -0.2) is 13.1 Å². The largest absolute Gasteiger partial charge is 0.481 e. The molecular formula is C12H18N2O5S. The quantitative estimate of drug-likeness (QED) is 0.628. The van der Waals surface area contributed by atoms with Gasteiger partial charge in [0, 0.05) is 13.6 Å². The molecule has 0 aliphatic carbocycles. The highest BCUT2D eigenvalue weighted by atomic mass is 32.2. The third-order valence-corrected chi connectivity index (χ3v) is 3.94. The first-order chi connectivity index (χ1) is 9.40. The molecule has 1 aromatic rings. The maximum atomic E-state index is 11.8. The predicted octanol–water partition coefficient (Wildman–Crippen LogP) is -0.529. The molecule has 0 bridgehead atoms. The predicted molar refractivity (Wildman–Crippen MR) is 72.9 cm³/mol. The van der Waals surface area contributed by atoms with Crippen LogP contribution in [0.3, 0.4) is 0 Å². The number of rotatable bonds is 7. The Hall–Kier alpha value is -1.64. The van der Waals surface area contributed by atoms with E-state index in [1.807, 2.05) is 0 Å². The van der Waals surface area contributed by atoms with Crippen molar-refractivity contribution in [2.75, 3.05) is 20.2 Å². The van der Waals surface area contributed by atoms with Crippen LogP contribution in [0.5, 0.6) is 5.75 Å². The third kappa shape index (κ3) is 4.48. The van der Waals surface area contributed by atoms with Crippen LogP contribution in [-0.2, 0) is 14.8 Å². The fourth-order valence-corrected chi connectivity index (χ4v) is 2.44. The highest BCUT2D eigenvalue weighted by Gasteiger charge is 2.15. The molecule has 1 atom stereocenters. The van der Waals surface area contributed by atoms with Gasteiger partial charge in [0.05, 0.1) is 11.5 Å². The first-order valence-electron chi connectivity index (χ1n) is 5.99. The second kappa shape index (κ2) is 7.22. The average molecular weight is 302 g/mol. The van der Waals surface area contributed by atoms with Crippen molar-refractivity contribution in [1.82, 2.24) is 10.0 Å². The van der Waals surface area contributed by atoms with Crippen molar-refractivity contribution in [3.05, 3.63) is 24.3 Å². The summed E-state index contributed by atoms with van der Waals surface area (Å²) in [5, 5.41) is 11.1. The maximum absolute atomic E-state index is 11.8. The monoisotopic (exact) mass is 302 g/mol. The van der Waals surface area contributed by atoms with Crippen molar-refractivity contribution in [2.45, 2.75) is 17.9 Å². The molecule has 1 amide bonds. The molecule has 0 aliphatic rings. The number of hydrogen-bond acceptors (Lipinski definition) is 5. The van der Waals surface area contributed by atoms with Crippen LogP contribution in [-0.4, -0.2) is 45.7 Å². The normalized spacial score (nSPS) is 12.8. The Bertz CT molecular complexity index is 541. The van der Waals surface area contributed by atoms with E-state index in [0.29, 0.717) is 5.75 Å². The summed E-state index contributed by atoms with van der Waals surface area (Å²) >= 11 is 0. The van der Waals surface area contributed by atoms with E-state index in [4.69, 9.17) is 9.84 Å². The molecule has 20 heavy (non-hydrogen) atoms. The van der Waals surface area contributed by atoms with Crippen LogP contribution in [0, 0.1) is 0 Å². The lowest BCUT2D eigenvalue weighted by atomic mass is 10.3. The van der Waals surface area contributed by atoms with Gasteiger partial charge >= 0.3 is 0 Å². The van der Waals surface area contributed by atoms with Gasteiger partial charge in [-0.1, -0.05) is 0 Å². The van der Waals surface area contributed by atoms with Gasteiger partial charge in [-0.3, -0.25) is 4.79 Å². The van der Waals surface area contributed by atoms with E-state index in [-0.39, 0.29) is 24.0 Å². The molecule has 3 N–H and O–H groups in total. The standard InChI is InChI=1S/C12H18N2O5S/c1-9(12(16)13-2)19-10-3-5-11(6-4-10)20(17,18)14-7-8-15/h3-6,9,14-15H,7-8H2,1-2H3,(H,13,16)/t9-/m1/s1. The highest BCUT2D eigenvalue weighted by Crippen LogP contribution is 2.17. The zero-order valence-corrected chi connectivity index (χ0v) is 12.1. The highest BCUT2D eigenvalue weighted by molar-refractivity contribution is 7.89. The summed E-state index contributed by atoms with van der Waals surface area (Å²) in [6, 6.07) is 5.66. The number of nitrogens with one attached hydrogen (secondary N) is 2. The second-order valence-corrected chi connectivity index (χ2v) is 5.73. The van der Waals surface area contributed by atoms with Crippen molar-refractivity contribution in [2.24, 2.45) is 0 Å². The van der Waals surface area contributed by atoms with Gasteiger partial charge in [-0.05, 0) is 31.2 Å². The van der Waals surface area contributed by atoms with Gasteiger partial charge in [0.15, 0.2) is 6.10 Å². The molecule has 0 heterocycles. The molecule has 0 unspecified atom stereocenters. The lowest BCUT2D eigenvalue weighted by Gasteiger charge is -2.13. The Labute approximate surface area is 118 Å². The van der Waals surface area contributed by atoms with E-state index in [2.05, 4.69) is 10.0 Å². The molecule has 0 saturated carbocycles. The number of amides is 1. The fraction of sp³-hybridized carbons (Fsp3) is 0.417. The third-order valence-electron chi connectivity index (χ3n) is 2.47. The molecule has 8 heteroatoms. The van der Waals surface area contributed by atoms with Crippen molar-refractivity contribution in [3.8, 4) is 5.75 Å². The van der Waals surface area contributed by atoms with Crippen LogP contribution in [0.15, 0.2) is 29.2 Å². The van der Waals surface area contributed by atoms with Crippen LogP contribution in [0.1, 0.15) is 6.92 Å². The molecule has 112 valence electrons. The molecule has 0 saturated heterocycles. The van der Waals surface area contributed by atoms with Crippen molar-refractivity contribution >= 4 is 15.9 Å². The zero-order chi connectivity index (χ0) is 15.2. The molecule has 0 spiro atoms. The van der Waals surface area contributed by atoms with Crippen LogP contribution in [0.2, 0.25) is 0 Å². The van der Waals surface area contributed by atoms with Crippen molar-refractivity contribution < 1.29 is 23.1 Å². The zero-order valence-electron chi connectivity index (χ0n) is 11.3. The Morgan fingerprint density at radius 2 is 1.95 bits per heavy atom. The Morgan fingerprint density at radius 3 is 2.45 bits per heavy atom. The number of carbonyl (C=O) groups excluding carboxylic acids is 1. The van der Waals surface area contributed by atoms with Crippen molar-refractivity contribution in [3.63, 3.8) is 0 Å². The van der Waals surface area contributed by atoms with Crippen LogP contribution < -0.4 is 14.8 Å². The molecular weight excluding hydrogens is 284 g/mol. The van der Waals surface area contributed by atoms with Gasteiger partial charge < -0.3 is 15.2 Å². The molecule has 0 fully saturated rings. The molecule has 7 nitrogen and oxygen atoms in total. The topological polar surface area (TPSA) is 105 Å². The maximum Gasteiger partial charge on any atom is 0.260 e. The first-order valence-corrected chi connectivity index (χ1v) is 7.48. The fourth-order valence-electron chi connectivity index (χ4n) is 1.42. The number of carbonyl (C=O) groups is 1. The van der Waals surface area contributed by atoms with Crippen LogP contribution in [0.4, 0.5) is 0 Å². The summed E-state index contributed by atoms with van der Waals surface area (Å²) in [5.41, 5.74) is 0. The lowest BCUT2D eigenvalue weighted by Crippen LogP contribution is -2.33. The smallest absolute Gasteiger partial charge is 0.260 e. The minimum Gasteiger partial charge on any atom is -0.481 e. The molecule has 1 aromatic carbocycles. The summed E-state index contributed by atoms with van der Waals surface area (Å²) in [6.07, 6.45) is -0.671. The lowest BCUT2D eigenvalue weighted by molar-refractivity contribution is -0.126. The first kappa shape index (κ1) is 16.4. The number of aliphatic hydroxyl groups excluding tert-OH is 1. The molecule has 0 aliphatic heterocycles. The second-order valence-electron chi connectivity index (χ2n) is 3.97. The average Bonchev–Trinajstić information content (AvgIpc) is 2.44. The van der Waals surface area contributed by atoms with Gasteiger partial charge in [0.1, 0.15) is 5.75 Å². The number of hydrogen-bond donors (Lipinski definition) is 3. The van der Waals surface area contributed by atoms with Gasteiger partial charge in [-0.2, -0.15) is 0 Å². The van der Waals surface area contributed by atoms with Gasteiger partial charge in [0.25, 0.3) is 5.91 Å². The number of ether oxygens (including phenoxy) is 1. The van der Waals surface area contributed by atoms with E-state index < -0.39 is 16.1 Å². The van der Waals surface area contributed by atoms with Crippen molar-refractivity contribution in [1.29, 1.82) is 0 Å². The minimum atomic E-state index is -3.63. The Balaban J connectivity index is 2.76. The molecule has 0 radical (unpaired) electrons. The molecule has 1 rings (SSSR count).